The molecule has 0 saturated heterocycles. The van der Waals surface area contributed by atoms with Crippen molar-refractivity contribution in [1.29, 1.82) is 0 Å². The fraction of sp³-hybridized carbons (Fsp3) is 0.500. The van der Waals surface area contributed by atoms with E-state index in [1.54, 1.807) is 6.07 Å². The molecule has 0 bridgehead atoms. The van der Waals surface area contributed by atoms with Crippen LogP contribution in [0.4, 0.5) is 17.6 Å². The predicted octanol–water partition coefficient (Wildman–Crippen LogP) is 3.72. The Balaban J connectivity index is 2.82. The van der Waals surface area contributed by atoms with Crippen LogP contribution >= 0.6 is 0 Å². The molecule has 0 aliphatic carbocycles. The zero-order valence-corrected chi connectivity index (χ0v) is 9.88. The highest BCUT2D eigenvalue weighted by Gasteiger charge is 2.43. The van der Waals surface area contributed by atoms with Crippen LogP contribution in [0.5, 0.6) is 5.75 Å². The molecule has 0 aliphatic heterocycles. The summed E-state index contributed by atoms with van der Waals surface area (Å²) in [6, 6.07) is 5.23. The third-order valence-corrected chi connectivity index (χ3v) is 2.39. The maximum absolute atomic E-state index is 12.7. The molecule has 0 fully saturated rings. The number of nitrogens with two attached hydrogens (primary N) is 1. The van der Waals surface area contributed by atoms with Crippen molar-refractivity contribution < 1.29 is 22.3 Å². The Morgan fingerprint density at radius 3 is 2.56 bits per heavy atom. The SMILES string of the molecule is CCC[C@@H](N)c1cccc(OC(F)(F)C(F)F)c1. The average molecular weight is 265 g/mol. The van der Waals surface area contributed by atoms with E-state index < -0.39 is 12.5 Å². The quantitative estimate of drug-likeness (QED) is 0.795. The normalized spacial score (nSPS) is 13.7. The first-order valence-electron chi connectivity index (χ1n) is 5.57. The summed E-state index contributed by atoms with van der Waals surface area (Å²) in [5.41, 5.74) is 6.39. The average Bonchev–Trinajstić information content (AvgIpc) is 2.29. The van der Waals surface area contributed by atoms with Crippen molar-refractivity contribution in [2.75, 3.05) is 0 Å². The molecule has 6 heteroatoms. The van der Waals surface area contributed by atoms with Crippen molar-refractivity contribution in [1.82, 2.24) is 0 Å². The van der Waals surface area contributed by atoms with Crippen LogP contribution in [0.3, 0.4) is 0 Å². The second kappa shape index (κ2) is 6.04. The molecule has 18 heavy (non-hydrogen) atoms. The van der Waals surface area contributed by atoms with Crippen LogP contribution in [0.1, 0.15) is 31.4 Å². The Hall–Kier alpha value is -1.30. The van der Waals surface area contributed by atoms with E-state index in [0.717, 1.165) is 6.42 Å². The van der Waals surface area contributed by atoms with Gasteiger partial charge in [-0.05, 0) is 24.1 Å². The topological polar surface area (TPSA) is 35.2 Å². The molecule has 102 valence electrons. The third-order valence-electron chi connectivity index (χ3n) is 2.39. The number of rotatable bonds is 6. The minimum Gasteiger partial charge on any atom is -0.428 e. The number of hydrogen-bond donors (Lipinski definition) is 1. The first kappa shape index (κ1) is 14.8. The van der Waals surface area contributed by atoms with Gasteiger partial charge >= 0.3 is 12.5 Å². The molecule has 1 atom stereocenters. The first-order valence-corrected chi connectivity index (χ1v) is 5.57. The molecular weight excluding hydrogens is 250 g/mol. The van der Waals surface area contributed by atoms with Gasteiger partial charge in [0.15, 0.2) is 0 Å². The summed E-state index contributed by atoms with van der Waals surface area (Å²) in [6.45, 7) is 1.94. The predicted molar refractivity (Wildman–Crippen MR) is 59.9 cm³/mol. The van der Waals surface area contributed by atoms with Gasteiger partial charge in [-0.3, -0.25) is 0 Å². The summed E-state index contributed by atoms with van der Waals surface area (Å²) in [4.78, 5) is 0. The van der Waals surface area contributed by atoms with Gasteiger partial charge in [0.25, 0.3) is 0 Å². The van der Waals surface area contributed by atoms with Gasteiger partial charge in [0, 0.05) is 6.04 Å². The molecule has 1 rings (SSSR count). The van der Waals surface area contributed by atoms with E-state index in [1.807, 2.05) is 6.92 Å². The number of hydrogen-bond acceptors (Lipinski definition) is 2. The van der Waals surface area contributed by atoms with E-state index in [4.69, 9.17) is 5.73 Å². The fourth-order valence-electron chi connectivity index (χ4n) is 1.49. The maximum Gasteiger partial charge on any atom is 0.461 e. The fourth-order valence-corrected chi connectivity index (χ4v) is 1.49. The van der Waals surface area contributed by atoms with E-state index in [1.165, 1.54) is 18.2 Å². The number of benzene rings is 1. The number of ether oxygens (including phenoxy) is 1. The minimum atomic E-state index is -4.49. The van der Waals surface area contributed by atoms with E-state index in [0.29, 0.717) is 12.0 Å². The Kier molecular flexibility index (Phi) is 4.95. The molecule has 1 aromatic rings. The molecule has 0 radical (unpaired) electrons. The number of alkyl halides is 4. The highest BCUT2D eigenvalue weighted by Crippen LogP contribution is 2.29. The second-order valence-electron chi connectivity index (χ2n) is 3.93. The monoisotopic (exact) mass is 265 g/mol. The third kappa shape index (κ3) is 3.87. The molecule has 2 N–H and O–H groups in total. The van der Waals surface area contributed by atoms with Crippen LogP contribution in [-0.4, -0.2) is 12.5 Å². The second-order valence-corrected chi connectivity index (χ2v) is 3.93. The van der Waals surface area contributed by atoms with Gasteiger partial charge in [-0.15, -0.1) is 0 Å². The summed E-state index contributed by atoms with van der Waals surface area (Å²) < 4.78 is 53.4. The highest BCUT2D eigenvalue weighted by molar-refractivity contribution is 5.30. The molecule has 2 nitrogen and oxygen atoms in total. The Morgan fingerprint density at radius 2 is 2.00 bits per heavy atom. The summed E-state index contributed by atoms with van der Waals surface area (Å²) in [6.07, 6.45) is -6.85. The largest absolute Gasteiger partial charge is 0.461 e. The zero-order valence-electron chi connectivity index (χ0n) is 9.88. The molecule has 0 saturated carbocycles. The van der Waals surface area contributed by atoms with Gasteiger partial charge in [-0.1, -0.05) is 25.5 Å². The van der Waals surface area contributed by atoms with Crippen molar-refractivity contribution in [2.45, 2.75) is 38.3 Å². The smallest absolute Gasteiger partial charge is 0.428 e. The van der Waals surface area contributed by atoms with Crippen molar-refractivity contribution in [3.63, 3.8) is 0 Å². The molecule has 0 amide bonds. The van der Waals surface area contributed by atoms with Crippen LogP contribution in [0, 0.1) is 0 Å². The van der Waals surface area contributed by atoms with Gasteiger partial charge in [0.2, 0.25) is 0 Å². The lowest BCUT2D eigenvalue weighted by molar-refractivity contribution is -0.253. The van der Waals surface area contributed by atoms with Crippen LogP contribution in [-0.2, 0) is 0 Å². The van der Waals surface area contributed by atoms with Gasteiger partial charge in [0.1, 0.15) is 5.75 Å². The molecular formula is C12H15F4NO. The molecule has 1 aromatic carbocycles. The molecule has 0 unspecified atom stereocenters. The van der Waals surface area contributed by atoms with Crippen LogP contribution in [0.25, 0.3) is 0 Å². The van der Waals surface area contributed by atoms with Crippen molar-refractivity contribution in [3.05, 3.63) is 29.8 Å². The van der Waals surface area contributed by atoms with E-state index in [9.17, 15) is 17.6 Å². The van der Waals surface area contributed by atoms with Crippen molar-refractivity contribution in [3.8, 4) is 5.75 Å². The lowest BCUT2D eigenvalue weighted by atomic mass is 10.0. The van der Waals surface area contributed by atoms with Crippen LogP contribution in [0.2, 0.25) is 0 Å². The number of halogens is 4. The summed E-state index contributed by atoms with van der Waals surface area (Å²) in [5.74, 6) is -0.315. The molecule has 0 heterocycles. The van der Waals surface area contributed by atoms with E-state index in [2.05, 4.69) is 4.74 Å². The van der Waals surface area contributed by atoms with Crippen LogP contribution in [0.15, 0.2) is 24.3 Å². The highest BCUT2D eigenvalue weighted by atomic mass is 19.3. The standard InChI is InChI=1S/C12H15F4NO/c1-2-4-10(17)8-5-3-6-9(7-8)18-12(15,16)11(13)14/h3,5-7,10-11H,2,4,17H2,1H3/t10-/m1/s1. The van der Waals surface area contributed by atoms with Gasteiger partial charge in [-0.2, -0.15) is 17.6 Å². The van der Waals surface area contributed by atoms with Crippen molar-refractivity contribution >= 4 is 0 Å². The minimum absolute atomic E-state index is 0.315. The molecule has 0 aromatic heterocycles. The van der Waals surface area contributed by atoms with Crippen LogP contribution < -0.4 is 10.5 Å². The molecule has 0 spiro atoms. The Morgan fingerprint density at radius 1 is 1.33 bits per heavy atom. The van der Waals surface area contributed by atoms with Gasteiger partial charge in [-0.25, -0.2) is 0 Å². The lowest BCUT2D eigenvalue weighted by Crippen LogP contribution is -2.33. The molecule has 0 aliphatic rings. The van der Waals surface area contributed by atoms with Gasteiger partial charge in [0.05, 0.1) is 0 Å². The zero-order chi connectivity index (χ0) is 13.8. The Bertz CT molecular complexity index is 384. The van der Waals surface area contributed by atoms with Crippen molar-refractivity contribution in [2.24, 2.45) is 5.73 Å². The van der Waals surface area contributed by atoms with E-state index >= 15 is 0 Å². The summed E-state index contributed by atoms with van der Waals surface area (Å²) in [7, 11) is 0. The first-order chi connectivity index (χ1) is 8.36. The van der Waals surface area contributed by atoms with Gasteiger partial charge < -0.3 is 10.5 Å². The lowest BCUT2D eigenvalue weighted by Gasteiger charge is -2.18. The summed E-state index contributed by atoms with van der Waals surface area (Å²) in [5, 5.41) is 0. The maximum atomic E-state index is 12.7. The van der Waals surface area contributed by atoms with E-state index in [-0.39, 0.29) is 11.8 Å². The summed E-state index contributed by atoms with van der Waals surface area (Å²) >= 11 is 0. The Labute approximate surface area is 103 Å².